The molecule has 0 atom stereocenters. The van der Waals surface area contributed by atoms with E-state index in [-0.39, 0.29) is 0 Å². The third-order valence-electron chi connectivity index (χ3n) is 2.37. The Hall–Kier alpha value is -0.120. The van der Waals surface area contributed by atoms with Crippen molar-refractivity contribution in [1.82, 2.24) is 0 Å². The molecule has 12 heavy (non-hydrogen) atoms. The lowest BCUT2D eigenvalue weighted by Gasteiger charge is -2.34. The van der Waals surface area contributed by atoms with Crippen molar-refractivity contribution in [3.05, 3.63) is 0 Å². The monoisotopic (exact) mass is 173 g/mol. The first-order chi connectivity index (χ1) is 5.86. The molecule has 0 amide bonds. The Morgan fingerprint density at radius 1 is 1.33 bits per heavy atom. The van der Waals surface area contributed by atoms with Gasteiger partial charge in [0.25, 0.3) is 0 Å². The van der Waals surface area contributed by atoms with Crippen molar-refractivity contribution < 1.29 is 9.47 Å². The van der Waals surface area contributed by atoms with Gasteiger partial charge >= 0.3 is 0 Å². The van der Waals surface area contributed by atoms with Crippen LogP contribution in [0.2, 0.25) is 0 Å². The van der Waals surface area contributed by atoms with Crippen molar-refractivity contribution >= 4 is 0 Å². The smallest absolute Gasteiger partial charge is 0.0581 e. The van der Waals surface area contributed by atoms with Gasteiger partial charge in [0.1, 0.15) is 0 Å². The minimum absolute atomic E-state index is 0.482. The summed E-state index contributed by atoms with van der Waals surface area (Å²) in [6.07, 6.45) is 3.79. The molecule has 0 aromatic rings. The Kier molecular flexibility index (Phi) is 4.58. The lowest BCUT2D eigenvalue weighted by atomic mass is 9.82. The Balaban J connectivity index is 1.83. The largest absolute Gasteiger partial charge is 0.385 e. The normalized spacial score (nSPS) is 28.5. The van der Waals surface area contributed by atoms with E-state index in [4.69, 9.17) is 15.2 Å². The molecule has 1 saturated carbocycles. The molecule has 1 fully saturated rings. The maximum Gasteiger partial charge on any atom is 0.0581 e. The lowest BCUT2D eigenvalue weighted by molar-refractivity contribution is -0.0333. The standard InChI is InChI=1S/C9H19NO2/c1-11-3-2-4-12-9-5-8(6-9)7-10/h8-9H,2-7,10H2,1H3. The topological polar surface area (TPSA) is 44.5 Å². The maximum absolute atomic E-state index is 5.58. The Bertz CT molecular complexity index is 113. The summed E-state index contributed by atoms with van der Waals surface area (Å²) >= 11 is 0. The Morgan fingerprint density at radius 2 is 2.08 bits per heavy atom. The summed E-state index contributed by atoms with van der Waals surface area (Å²) in [5, 5.41) is 0. The number of rotatable bonds is 6. The van der Waals surface area contributed by atoms with Gasteiger partial charge in [-0.25, -0.2) is 0 Å². The molecule has 0 bridgehead atoms. The predicted molar refractivity (Wildman–Crippen MR) is 48.0 cm³/mol. The van der Waals surface area contributed by atoms with Crippen LogP contribution in [-0.4, -0.2) is 33.0 Å². The van der Waals surface area contributed by atoms with Gasteiger partial charge in [0.15, 0.2) is 0 Å². The molecule has 0 radical (unpaired) electrons. The molecule has 3 heteroatoms. The molecular formula is C9H19NO2. The van der Waals surface area contributed by atoms with E-state index in [1.165, 1.54) is 0 Å². The van der Waals surface area contributed by atoms with Crippen molar-refractivity contribution in [1.29, 1.82) is 0 Å². The summed E-state index contributed by atoms with van der Waals surface area (Å²) in [6.45, 7) is 2.45. The molecule has 0 unspecified atom stereocenters. The van der Waals surface area contributed by atoms with Gasteiger partial charge < -0.3 is 15.2 Å². The number of methoxy groups -OCH3 is 1. The van der Waals surface area contributed by atoms with Gasteiger partial charge in [0.2, 0.25) is 0 Å². The molecule has 0 heterocycles. The van der Waals surface area contributed by atoms with Gasteiger partial charge in [-0.05, 0) is 31.7 Å². The van der Waals surface area contributed by atoms with E-state index in [1.54, 1.807) is 7.11 Å². The van der Waals surface area contributed by atoms with Crippen LogP contribution in [0.25, 0.3) is 0 Å². The van der Waals surface area contributed by atoms with Crippen LogP contribution in [0.4, 0.5) is 0 Å². The zero-order valence-electron chi connectivity index (χ0n) is 7.79. The number of hydrogen-bond acceptors (Lipinski definition) is 3. The fourth-order valence-corrected chi connectivity index (χ4v) is 1.46. The zero-order chi connectivity index (χ0) is 8.81. The van der Waals surface area contributed by atoms with Gasteiger partial charge in [-0.1, -0.05) is 0 Å². The summed E-state index contributed by atoms with van der Waals surface area (Å²) in [4.78, 5) is 0. The van der Waals surface area contributed by atoms with Crippen LogP contribution in [0, 0.1) is 5.92 Å². The molecule has 72 valence electrons. The van der Waals surface area contributed by atoms with E-state index >= 15 is 0 Å². The first-order valence-corrected chi connectivity index (χ1v) is 4.67. The van der Waals surface area contributed by atoms with Gasteiger partial charge in [-0.15, -0.1) is 0 Å². The quantitative estimate of drug-likeness (QED) is 0.604. The van der Waals surface area contributed by atoms with Gasteiger partial charge in [-0.3, -0.25) is 0 Å². The second-order valence-corrected chi connectivity index (χ2v) is 3.41. The van der Waals surface area contributed by atoms with Crippen LogP contribution in [0.1, 0.15) is 19.3 Å². The summed E-state index contributed by atoms with van der Waals surface area (Å²) in [5.41, 5.74) is 5.50. The second-order valence-electron chi connectivity index (χ2n) is 3.41. The molecule has 0 aromatic carbocycles. The summed E-state index contributed by atoms with van der Waals surface area (Å²) in [7, 11) is 1.72. The van der Waals surface area contributed by atoms with Crippen LogP contribution < -0.4 is 5.73 Å². The first-order valence-electron chi connectivity index (χ1n) is 4.67. The molecule has 1 aliphatic rings. The molecular weight excluding hydrogens is 154 g/mol. The average Bonchev–Trinajstić information content (AvgIpc) is 2.01. The van der Waals surface area contributed by atoms with Crippen LogP contribution in [0.15, 0.2) is 0 Å². The van der Waals surface area contributed by atoms with E-state index in [0.29, 0.717) is 6.10 Å². The molecule has 3 nitrogen and oxygen atoms in total. The van der Waals surface area contributed by atoms with Crippen molar-refractivity contribution in [2.45, 2.75) is 25.4 Å². The molecule has 1 rings (SSSR count). The fourth-order valence-electron chi connectivity index (χ4n) is 1.46. The third kappa shape index (κ3) is 3.09. The van der Waals surface area contributed by atoms with Crippen LogP contribution in [-0.2, 0) is 9.47 Å². The number of ether oxygens (including phenoxy) is 2. The Morgan fingerprint density at radius 3 is 2.67 bits per heavy atom. The van der Waals surface area contributed by atoms with Gasteiger partial charge in [0, 0.05) is 20.3 Å². The summed E-state index contributed by atoms with van der Waals surface area (Å²) in [5.74, 6) is 0.720. The first kappa shape index (κ1) is 9.96. The highest BCUT2D eigenvalue weighted by Gasteiger charge is 2.28. The lowest BCUT2D eigenvalue weighted by Crippen LogP contribution is -2.36. The van der Waals surface area contributed by atoms with Crippen molar-refractivity contribution in [3.8, 4) is 0 Å². The molecule has 0 aliphatic heterocycles. The minimum Gasteiger partial charge on any atom is -0.385 e. The van der Waals surface area contributed by atoms with E-state index in [0.717, 1.165) is 44.9 Å². The highest BCUT2D eigenvalue weighted by atomic mass is 16.5. The van der Waals surface area contributed by atoms with Gasteiger partial charge in [0.05, 0.1) is 6.10 Å². The number of hydrogen-bond donors (Lipinski definition) is 1. The Labute approximate surface area is 74.2 Å². The van der Waals surface area contributed by atoms with E-state index in [9.17, 15) is 0 Å². The van der Waals surface area contributed by atoms with Crippen molar-refractivity contribution in [2.75, 3.05) is 26.9 Å². The molecule has 1 aliphatic carbocycles. The van der Waals surface area contributed by atoms with E-state index in [2.05, 4.69) is 0 Å². The van der Waals surface area contributed by atoms with E-state index in [1.807, 2.05) is 0 Å². The summed E-state index contributed by atoms with van der Waals surface area (Å²) < 4.78 is 10.5. The zero-order valence-corrected chi connectivity index (χ0v) is 7.79. The van der Waals surface area contributed by atoms with Crippen LogP contribution in [0.5, 0.6) is 0 Å². The maximum atomic E-state index is 5.58. The fraction of sp³-hybridized carbons (Fsp3) is 1.00. The molecule has 0 spiro atoms. The highest BCUT2D eigenvalue weighted by molar-refractivity contribution is 4.80. The average molecular weight is 173 g/mol. The SMILES string of the molecule is COCCCOC1CC(CN)C1. The van der Waals surface area contributed by atoms with Crippen LogP contribution >= 0.6 is 0 Å². The molecule has 2 N–H and O–H groups in total. The van der Waals surface area contributed by atoms with Crippen molar-refractivity contribution in [2.24, 2.45) is 11.7 Å². The number of nitrogens with two attached hydrogens (primary N) is 1. The molecule has 0 aromatic heterocycles. The van der Waals surface area contributed by atoms with Crippen LogP contribution in [0.3, 0.4) is 0 Å². The minimum atomic E-state index is 0.482. The molecule has 0 saturated heterocycles. The third-order valence-corrected chi connectivity index (χ3v) is 2.37. The predicted octanol–water partition coefficient (Wildman–Crippen LogP) is 0.777. The van der Waals surface area contributed by atoms with E-state index < -0.39 is 0 Å². The second kappa shape index (κ2) is 5.51. The van der Waals surface area contributed by atoms with Gasteiger partial charge in [-0.2, -0.15) is 0 Å². The van der Waals surface area contributed by atoms with Crippen molar-refractivity contribution in [3.63, 3.8) is 0 Å². The highest BCUT2D eigenvalue weighted by Crippen LogP contribution is 2.28. The summed E-state index contributed by atoms with van der Waals surface area (Å²) in [6, 6.07) is 0.